The van der Waals surface area contributed by atoms with Gasteiger partial charge in [-0.2, -0.15) is 0 Å². The summed E-state index contributed by atoms with van der Waals surface area (Å²) in [5.74, 6) is 0.285. The van der Waals surface area contributed by atoms with E-state index in [1.807, 2.05) is 6.92 Å². The molecule has 0 fully saturated rings. The predicted molar refractivity (Wildman–Crippen MR) is 66.4 cm³/mol. The van der Waals surface area contributed by atoms with Crippen LogP contribution in [-0.4, -0.2) is 26.8 Å². The standard InChI is InChI=1S/C13H15NO4/c1-5-6-18-13(15)9-7-11(16-3)12(17-4)8-10(9)14-2/h7-8H,5-6H2,1,3-4H3. The van der Waals surface area contributed by atoms with Crippen LogP contribution in [0.15, 0.2) is 12.1 Å². The Morgan fingerprint density at radius 3 is 2.39 bits per heavy atom. The summed E-state index contributed by atoms with van der Waals surface area (Å²) < 4.78 is 15.2. The first-order valence-corrected chi connectivity index (χ1v) is 5.48. The van der Waals surface area contributed by atoms with E-state index < -0.39 is 5.97 Å². The van der Waals surface area contributed by atoms with Gasteiger partial charge in [0, 0.05) is 0 Å². The van der Waals surface area contributed by atoms with E-state index in [1.165, 1.54) is 26.4 Å². The van der Waals surface area contributed by atoms with Crippen LogP contribution in [0.2, 0.25) is 0 Å². The Morgan fingerprint density at radius 1 is 1.28 bits per heavy atom. The molecule has 1 aromatic rings. The highest BCUT2D eigenvalue weighted by Crippen LogP contribution is 2.35. The maximum Gasteiger partial charge on any atom is 0.327 e. The van der Waals surface area contributed by atoms with Gasteiger partial charge in [0.05, 0.1) is 33.0 Å². The first-order chi connectivity index (χ1) is 8.67. The number of methoxy groups -OCH3 is 2. The van der Waals surface area contributed by atoms with Crippen LogP contribution in [0, 0.1) is 6.57 Å². The van der Waals surface area contributed by atoms with Gasteiger partial charge in [-0.15, -0.1) is 0 Å². The van der Waals surface area contributed by atoms with Crippen molar-refractivity contribution in [3.63, 3.8) is 0 Å². The van der Waals surface area contributed by atoms with Crippen molar-refractivity contribution in [2.75, 3.05) is 20.8 Å². The van der Waals surface area contributed by atoms with Gasteiger partial charge in [-0.1, -0.05) is 6.92 Å². The first-order valence-electron chi connectivity index (χ1n) is 5.48. The molecule has 0 N–H and O–H groups in total. The fourth-order valence-electron chi connectivity index (χ4n) is 1.40. The molecule has 96 valence electrons. The Morgan fingerprint density at radius 2 is 1.89 bits per heavy atom. The highest BCUT2D eigenvalue weighted by atomic mass is 16.5. The maximum absolute atomic E-state index is 11.8. The molecule has 0 aliphatic rings. The molecule has 0 aromatic heterocycles. The van der Waals surface area contributed by atoms with Crippen LogP contribution in [0.3, 0.4) is 0 Å². The number of ether oxygens (including phenoxy) is 3. The minimum atomic E-state index is -0.524. The van der Waals surface area contributed by atoms with Crippen molar-refractivity contribution >= 4 is 11.7 Å². The zero-order valence-electron chi connectivity index (χ0n) is 10.6. The van der Waals surface area contributed by atoms with Crippen molar-refractivity contribution in [2.45, 2.75) is 13.3 Å². The molecule has 0 amide bonds. The molecule has 1 aromatic carbocycles. The Labute approximate surface area is 106 Å². The van der Waals surface area contributed by atoms with Crippen molar-refractivity contribution in [3.8, 4) is 11.5 Å². The lowest BCUT2D eigenvalue weighted by atomic mass is 10.1. The van der Waals surface area contributed by atoms with Crippen LogP contribution >= 0.6 is 0 Å². The minimum Gasteiger partial charge on any atom is -0.494 e. The lowest BCUT2D eigenvalue weighted by Crippen LogP contribution is -2.06. The normalized spacial score (nSPS) is 9.44. The van der Waals surface area contributed by atoms with Gasteiger partial charge in [0.15, 0.2) is 5.75 Å². The summed E-state index contributed by atoms with van der Waals surface area (Å²) in [6, 6.07) is 2.93. The van der Waals surface area contributed by atoms with E-state index >= 15 is 0 Å². The molecule has 0 aliphatic heterocycles. The van der Waals surface area contributed by atoms with E-state index in [-0.39, 0.29) is 11.3 Å². The third-order valence-electron chi connectivity index (χ3n) is 2.28. The second-order valence-electron chi connectivity index (χ2n) is 3.47. The summed E-state index contributed by atoms with van der Waals surface area (Å²) in [5.41, 5.74) is 0.379. The van der Waals surface area contributed by atoms with Gasteiger partial charge in [-0.25, -0.2) is 9.64 Å². The number of rotatable bonds is 5. The van der Waals surface area contributed by atoms with Gasteiger partial charge in [-0.3, -0.25) is 0 Å². The maximum atomic E-state index is 11.8. The van der Waals surface area contributed by atoms with Gasteiger partial charge in [0.1, 0.15) is 5.75 Å². The molecular formula is C13H15NO4. The van der Waals surface area contributed by atoms with E-state index in [2.05, 4.69) is 4.85 Å². The number of esters is 1. The quantitative estimate of drug-likeness (QED) is 0.594. The predicted octanol–water partition coefficient (Wildman–Crippen LogP) is 2.82. The van der Waals surface area contributed by atoms with E-state index in [0.717, 1.165) is 6.42 Å². The van der Waals surface area contributed by atoms with E-state index in [9.17, 15) is 4.79 Å². The molecule has 0 heterocycles. The average Bonchev–Trinajstić information content (AvgIpc) is 2.42. The first kappa shape index (κ1) is 13.8. The SMILES string of the molecule is [C-]#[N+]c1cc(OC)c(OC)cc1C(=O)OCCC. The summed E-state index contributed by atoms with van der Waals surface area (Å²) in [7, 11) is 2.94. The molecule has 0 aliphatic carbocycles. The van der Waals surface area contributed by atoms with E-state index in [0.29, 0.717) is 18.1 Å². The molecule has 0 spiro atoms. The van der Waals surface area contributed by atoms with Crippen molar-refractivity contribution < 1.29 is 19.0 Å². The Kier molecular flexibility index (Phi) is 5.00. The van der Waals surface area contributed by atoms with Gasteiger partial charge >= 0.3 is 5.97 Å². The highest BCUT2D eigenvalue weighted by Gasteiger charge is 2.17. The number of nitrogens with zero attached hydrogens (tertiary/aromatic N) is 1. The zero-order chi connectivity index (χ0) is 13.5. The summed E-state index contributed by atoms with van der Waals surface area (Å²) in [4.78, 5) is 15.1. The molecule has 5 heteroatoms. The molecular weight excluding hydrogens is 234 g/mol. The lowest BCUT2D eigenvalue weighted by molar-refractivity contribution is 0.0506. The summed E-state index contributed by atoms with van der Waals surface area (Å²) >= 11 is 0. The summed E-state index contributed by atoms with van der Waals surface area (Å²) in [6.07, 6.45) is 0.729. The molecule has 18 heavy (non-hydrogen) atoms. The fraction of sp³-hybridized carbons (Fsp3) is 0.385. The fourth-order valence-corrected chi connectivity index (χ4v) is 1.40. The van der Waals surface area contributed by atoms with Gasteiger partial charge in [0.25, 0.3) is 0 Å². The molecule has 1 rings (SSSR count). The Bertz CT molecular complexity index is 477. The molecule has 0 saturated heterocycles. The van der Waals surface area contributed by atoms with Crippen molar-refractivity contribution in [1.29, 1.82) is 0 Å². The monoisotopic (exact) mass is 249 g/mol. The lowest BCUT2D eigenvalue weighted by Gasteiger charge is -2.11. The number of hydrogen-bond acceptors (Lipinski definition) is 4. The molecule has 0 bridgehead atoms. The molecule has 0 radical (unpaired) electrons. The number of carbonyl (C=O) groups excluding carboxylic acids is 1. The second kappa shape index (κ2) is 6.50. The second-order valence-corrected chi connectivity index (χ2v) is 3.47. The van der Waals surface area contributed by atoms with Gasteiger partial charge in [-0.05, 0) is 18.6 Å². The molecule has 0 unspecified atom stereocenters. The summed E-state index contributed by atoms with van der Waals surface area (Å²) in [6.45, 7) is 9.30. The summed E-state index contributed by atoms with van der Waals surface area (Å²) in [5, 5.41) is 0. The van der Waals surface area contributed by atoms with Crippen LogP contribution in [0.25, 0.3) is 4.85 Å². The van der Waals surface area contributed by atoms with Gasteiger partial charge in [0.2, 0.25) is 5.69 Å². The average molecular weight is 249 g/mol. The van der Waals surface area contributed by atoms with Crippen LogP contribution in [-0.2, 0) is 4.74 Å². The third kappa shape index (κ3) is 2.92. The van der Waals surface area contributed by atoms with E-state index in [4.69, 9.17) is 20.8 Å². The van der Waals surface area contributed by atoms with Crippen LogP contribution in [0.5, 0.6) is 11.5 Å². The topological polar surface area (TPSA) is 49.1 Å². The van der Waals surface area contributed by atoms with Crippen molar-refractivity contribution in [3.05, 3.63) is 29.1 Å². The Hall–Kier alpha value is -2.22. The molecule has 0 atom stereocenters. The number of hydrogen-bond donors (Lipinski definition) is 0. The van der Waals surface area contributed by atoms with Crippen LogP contribution in [0.4, 0.5) is 5.69 Å². The molecule has 5 nitrogen and oxygen atoms in total. The smallest absolute Gasteiger partial charge is 0.327 e. The zero-order valence-corrected chi connectivity index (χ0v) is 10.6. The minimum absolute atomic E-state index is 0.189. The number of benzene rings is 1. The Balaban J connectivity index is 3.18. The van der Waals surface area contributed by atoms with Crippen LogP contribution in [0.1, 0.15) is 23.7 Å². The van der Waals surface area contributed by atoms with Crippen molar-refractivity contribution in [1.82, 2.24) is 0 Å². The number of carbonyl (C=O) groups is 1. The molecule has 0 saturated carbocycles. The highest BCUT2D eigenvalue weighted by molar-refractivity contribution is 5.97. The van der Waals surface area contributed by atoms with Crippen molar-refractivity contribution in [2.24, 2.45) is 0 Å². The van der Waals surface area contributed by atoms with E-state index in [1.54, 1.807) is 0 Å². The van der Waals surface area contributed by atoms with Crippen LogP contribution < -0.4 is 9.47 Å². The largest absolute Gasteiger partial charge is 0.494 e. The van der Waals surface area contributed by atoms with Gasteiger partial charge < -0.3 is 14.2 Å². The third-order valence-corrected chi connectivity index (χ3v) is 2.28.